The molecule has 4 heteroatoms. The number of aryl methyl sites for hydroxylation is 2. The molecule has 1 aromatic carbocycles. The maximum Gasteiger partial charge on any atom is 0.123 e. The molecule has 1 unspecified atom stereocenters. The van der Waals surface area contributed by atoms with Crippen LogP contribution in [-0.4, -0.2) is 15.3 Å². The van der Waals surface area contributed by atoms with Crippen LogP contribution in [0.15, 0.2) is 30.3 Å². The smallest absolute Gasteiger partial charge is 0.123 e. The van der Waals surface area contributed by atoms with Gasteiger partial charge in [-0.1, -0.05) is 19.1 Å². The van der Waals surface area contributed by atoms with Crippen molar-refractivity contribution in [1.29, 1.82) is 0 Å². The van der Waals surface area contributed by atoms with Crippen molar-refractivity contribution in [2.75, 3.05) is 0 Å². The summed E-state index contributed by atoms with van der Waals surface area (Å²) in [7, 11) is 0. The van der Waals surface area contributed by atoms with Gasteiger partial charge in [0.05, 0.1) is 17.5 Å². The zero-order valence-electron chi connectivity index (χ0n) is 11.1. The number of rotatable bonds is 4. The quantitative estimate of drug-likeness (QED) is 0.919. The third-order valence-electron chi connectivity index (χ3n) is 3.04. The summed E-state index contributed by atoms with van der Waals surface area (Å²) < 4.78 is 13.1. The van der Waals surface area contributed by atoms with Gasteiger partial charge in [0.25, 0.3) is 0 Å². The number of nitrogens with zero attached hydrogens (tertiary/aromatic N) is 2. The maximum atomic E-state index is 13.1. The first kappa shape index (κ1) is 13.6. The fraction of sp³-hybridized carbons (Fsp3) is 0.333. The van der Waals surface area contributed by atoms with Gasteiger partial charge in [-0.2, -0.15) is 10.2 Å². The van der Waals surface area contributed by atoms with Gasteiger partial charge in [-0.15, -0.1) is 0 Å². The summed E-state index contributed by atoms with van der Waals surface area (Å²) in [5.41, 5.74) is 3.10. The Hall–Kier alpha value is -1.81. The van der Waals surface area contributed by atoms with Gasteiger partial charge >= 0.3 is 0 Å². The van der Waals surface area contributed by atoms with Crippen LogP contribution in [0.1, 0.15) is 35.5 Å². The zero-order chi connectivity index (χ0) is 13.8. The van der Waals surface area contributed by atoms with Crippen molar-refractivity contribution in [2.45, 2.75) is 32.8 Å². The predicted molar refractivity (Wildman–Crippen MR) is 71.2 cm³/mol. The van der Waals surface area contributed by atoms with E-state index in [1.54, 1.807) is 12.1 Å². The van der Waals surface area contributed by atoms with E-state index >= 15 is 0 Å². The second-order valence-corrected chi connectivity index (χ2v) is 4.59. The van der Waals surface area contributed by atoms with Crippen LogP contribution in [0.4, 0.5) is 4.39 Å². The molecule has 2 rings (SSSR count). The van der Waals surface area contributed by atoms with Crippen LogP contribution in [0.25, 0.3) is 0 Å². The molecule has 0 bridgehead atoms. The topological polar surface area (TPSA) is 46.0 Å². The van der Waals surface area contributed by atoms with E-state index in [1.807, 2.05) is 19.9 Å². The first-order chi connectivity index (χ1) is 9.10. The molecular formula is C15H17FN2O. The Morgan fingerprint density at radius 3 is 2.74 bits per heavy atom. The maximum absolute atomic E-state index is 13.1. The molecule has 0 aliphatic rings. The molecule has 1 aromatic heterocycles. The Morgan fingerprint density at radius 1 is 1.26 bits per heavy atom. The largest absolute Gasteiger partial charge is 0.388 e. The lowest BCUT2D eigenvalue weighted by atomic mass is 9.99. The highest BCUT2D eigenvalue weighted by atomic mass is 19.1. The minimum absolute atomic E-state index is 0.288. The summed E-state index contributed by atoms with van der Waals surface area (Å²) in [5.74, 6) is -0.288. The third-order valence-corrected chi connectivity index (χ3v) is 3.04. The van der Waals surface area contributed by atoms with Crippen molar-refractivity contribution < 1.29 is 9.50 Å². The van der Waals surface area contributed by atoms with Gasteiger partial charge in [0.2, 0.25) is 0 Å². The van der Waals surface area contributed by atoms with E-state index in [4.69, 9.17) is 0 Å². The van der Waals surface area contributed by atoms with E-state index < -0.39 is 6.10 Å². The Kier molecular flexibility index (Phi) is 4.22. The molecule has 1 atom stereocenters. The highest BCUT2D eigenvalue weighted by molar-refractivity contribution is 5.26. The van der Waals surface area contributed by atoms with E-state index in [1.165, 1.54) is 12.1 Å². The second kappa shape index (κ2) is 5.89. The second-order valence-electron chi connectivity index (χ2n) is 4.59. The average molecular weight is 260 g/mol. The zero-order valence-corrected chi connectivity index (χ0v) is 11.1. The monoisotopic (exact) mass is 260 g/mol. The lowest BCUT2D eigenvalue weighted by molar-refractivity contribution is 0.176. The highest BCUT2D eigenvalue weighted by Gasteiger charge is 2.14. The minimum Gasteiger partial charge on any atom is -0.388 e. The van der Waals surface area contributed by atoms with Crippen LogP contribution in [0.3, 0.4) is 0 Å². The molecule has 0 fully saturated rings. The molecule has 1 N–H and O–H groups in total. The van der Waals surface area contributed by atoms with Crippen molar-refractivity contribution in [3.63, 3.8) is 0 Å². The van der Waals surface area contributed by atoms with Gasteiger partial charge in [-0.05, 0) is 37.1 Å². The summed E-state index contributed by atoms with van der Waals surface area (Å²) in [6, 6.07) is 8.13. The third kappa shape index (κ3) is 3.35. The van der Waals surface area contributed by atoms with Crippen LogP contribution in [0.2, 0.25) is 0 Å². The number of halogens is 1. The first-order valence-electron chi connectivity index (χ1n) is 6.35. The molecule has 19 heavy (non-hydrogen) atoms. The summed E-state index contributed by atoms with van der Waals surface area (Å²) in [6.07, 6.45) is 0.393. The Labute approximate surface area is 112 Å². The Morgan fingerprint density at radius 2 is 2.05 bits per heavy atom. The lowest BCUT2D eigenvalue weighted by Gasteiger charge is -2.14. The molecule has 0 aliphatic heterocycles. The Balaban J connectivity index is 2.24. The standard InChI is InChI=1S/C15H17FN2O/c1-3-14-13(7-10(2)17-18-14)15(19)9-11-5-4-6-12(16)8-11/h4-8,15,19H,3,9H2,1-2H3. The number of aromatic nitrogens is 2. The van der Waals surface area contributed by atoms with Gasteiger partial charge in [-0.3, -0.25) is 0 Å². The van der Waals surface area contributed by atoms with Crippen molar-refractivity contribution >= 4 is 0 Å². The molecule has 0 saturated heterocycles. The summed E-state index contributed by atoms with van der Waals surface area (Å²) in [6.45, 7) is 3.81. The number of aliphatic hydroxyl groups is 1. The first-order valence-corrected chi connectivity index (χ1v) is 6.35. The van der Waals surface area contributed by atoms with Crippen LogP contribution in [0.5, 0.6) is 0 Å². The highest BCUT2D eigenvalue weighted by Crippen LogP contribution is 2.21. The SMILES string of the molecule is CCc1nnc(C)cc1C(O)Cc1cccc(F)c1. The fourth-order valence-corrected chi connectivity index (χ4v) is 2.09. The van der Waals surface area contributed by atoms with Gasteiger partial charge in [0, 0.05) is 12.0 Å². The normalized spacial score (nSPS) is 12.4. The van der Waals surface area contributed by atoms with E-state index in [-0.39, 0.29) is 5.82 Å². The van der Waals surface area contributed by atoms with Crippen molar-refractivity contribution in [1.82, 2.24) is 10.2 Å². The van der Waals surface area contributed by atoms with Gasteiger partial charge in [-0.25, -0.2) is 4.39 Å². The number of hydrogen-bond donors (Lipinski definition) is 1. The summed E-state index contributed by atoms with van der Waals surface area (Å²) in [5, 5.41) is 18.4. The molecule has 1 heterocycles. The molecule has 0 amide bonds. The van der Waals surface area contributed by atoms with Gasteiger partial charge < -0.3 is 5.11 Å². The van der Waals surface area contributed by atoms with E-state index in [2.05, 4.69) is 10.2 Å². The minimum atomic E-state index is -0.689. The predicted octanol–water partition coefficient (Wildman–Crippen LogP) is 2.76. The molecule has 100 valence electrons. The summed E-state index contributed by atoms with van der Waals surface area (Å²) in [4.78, 5) is 0. The molecule has 2 aromatic rings. The van der Waals surface area contributed by atoms with Crippen LogP contribution in [-0.2, 0) is 12.8 Å². The van der Waals surface area contributed by atoms with Crippen molar-refractivity contribution in [3.05, 3.63) is 58.7 Å². The Bertz CT molecular complexity index is 572. The number of benzene rings is 1. The molecular weight excluding hydrogens is 243 g/mol. The van der Waals surface area contributed by atoms with Gasteiger partial charge in [0.15, 0.2) is 0 Å². The molecule has 3 nitrogen and oxygen atoms in total. The average Bonchev–Trinajstić information content (AvgIpc) is 2.38. The molecule has 0 aliphatic carbocycles. The molecule has 0 spiro atoms. The van der Waals surface area contributed by atoms with E-state index in [9.17, 15) is 9.50 Å². The number of hydrogen-bond acceptors (Lipinski definition) is 3. The van der Waals surface area contributed by atoms with Crippen LogP contribution in [0, 0.1) is 12.7 Å². The summed E-state index contributed by atoms with van der Waals surface area (Å²) >= 11 is 0. The van der Waals surface area contributed by atoms with E-state index in [0.29, 0.717) is 12.8 Å². The van der Waals surface area contributed by atoms with Crippen LogP contribution < -0.4 is 0 Å². The lowest BCUT2D eigenvalue weighted by Crippen LogP contribution is -2.09. The van der Waals surface area contributed by atoms with Crippen LogP contribution >= 0.6 is 0 Å². The fourth-order valence-electron chi connectivity index (χ4n) is 2.09. The molecule has 0 radical (unpaired) electrons. The number of aliphatic hydroxyl groups excluding tert-OH is 1. The van der Waals surface area contributed by atoms with E-state index in [0.717, 1.165) is 22.5 Å². The van der Waals surface area contributed by atoms with Crippen molar-refractivity contribution in [3.8, 4) is 0 Å². The molecule has 0 saturated carbocycles. The van der Waals surface area contributed by atoms with Crippen molar-refractivity contribution in [2.24, 2.45) is 0 Å². The van der Waals surface area contributed by atoms with Gasteiger partial charge in [0.1, 0.15) is 5.82 Å².